The van der Waals surface area contributed by atoms with Crippen LogP contribution in [0.4, 0.5) is 18.9 Å². The number of furan rings is 1. The number of nitrogens with one attached hydrogen (secondary N) is 1. The van der Waals surface area contributed by atoms with Gasteiger partial charge in [0.2, 0.25) is 5.09 Å². The molecule has 0 radical (unpaired) electrons. The fraction of sp³-hybridized carbons (Fsp3) is 0.167. The van der Waals surface area contributed by atoms with Crippen molar-refractivity contribution in [3.05, 3.63) is 47.7 Å². The molecule has 0 unspecified atom stereocenters. The highest BCUT2D eigenvalue weighted by Crippen LogP contribution is 2.35. The standard InChI is InChI=1S/C12H11F3N2O3S/c13-12(14,15)9-3-1-2-4-10(9)17-21(18,19)11-6-5-8(7-16)20-11/h1-6,17H,7,16H2. The maximum Gasteiger partial charge on any atom is 0.418 e. The normalized spacial score (nSPS) is 12.4. The number of hydrogen-bond donors (Lipinski definition) is 2. The van der Waals surface area contributed by atoms with Gasteiger partial charge in [0.25, 0.3) is 10.0 Å². The van der Waals surface area contributed by atoms with Gasteiger partial charge in [-0.1, -0.05) is 12.1 Å². The molecule has 3 N–H and O–H groups in total. The van der Waals surface area contributed by atoms with Crippen molar-refractivity contribution in [3.63, 3.8) is 0 Å². The smallest absolute Gasteiger partial charge is 0.418 e. The molecule has 1 aromatic carbocycles. The third-order valence-corrected chi connectivity index (χ3v) is 3.82. The predicted octanol–water partition coefficient (Wildman–Crippen LogP) is 2.56. The fourth-order valence-electron chi connectivity index (χ4n) is 1.63. The van der Waals surface area contributed by atoms with E-state index in [0.717, 1.165) is 18.2 Å². The number of alkyl halides is 3. The maximum atomic E-state index is 12.8. The van der Waals surface area contributed by atoms with Gasteiger partial charge in [0, 0.05) is 0 Å². The first kappa shape index (κ1) is 15.4. The Morgan fingerprint density at radius 1 is 1.14 bits per heavy atom. The second kappa shape index (κ2) is 5.41. The number of para-hydroxylation sites is 1. The Hall–Kier alpha value is -2.00. The molecule has 5 nitrogen and oxygen atoms in total. The highest BCUT2D eigenvalue weighted by Gasteiger charge is 2.34. The molecule has 0 aliphatic carbocycles. The first-order valence-electron chi connectivity index (χ1n) is 5.72. The number of nitrogens with two attached hydrogens (primary N) is 1. The summed E-state index contributed by atoms with van der Waals surface area (Å²) in [5.74, 6) is 0.208. The molecule has 0 atom stereocenters. The van der Waals surface area contributed by atoms with E-state index in [1.807, 2.05) is 4.72 Å². The van der Waals surface area contributed by atoms with Gasteiger partial charge in [0.05, 0.1) is 17.8 Å². The van der Waals surface area contributed by atoms with Crippen LogP contribution < -0.4 is 10.5 Å². The van der Waals surface area contributed by atoms with E-state index in [9.17, 15) is 21.6 Å². The largest absolute Gasteiger partial charge is 0.446 e. The van der Waals surface area contributed by atoms with Crippen molar-refractivity contribution in [3.8, 4) is 0 Å². The average molecular weight is 320 g/mol. The molecular weight excluding hydrogens is 309 g/mol. The zero-order chi connectivity index (χ0) is 15.7. The third-order valence-electron chi connectivity index (χ3n) is 2.58. The molecule has 1 aromatic heterocycles. The molecule has 21 heavy (non-hydrogen) atoms. The van der Waals surface area contributed by atoms with E-state index < -0.39 is 32.5 Å². The summed E-state index contributed by atoms with van der Waals surface area (Å²) < 4.78 is 69.2. The molecule has 2 aromatic rings. The molecule has 114 valence electrons. The summed E-state index contributed by atoms with van der Waals surface area (Å²) in [6.45, 7) is -0.0192. The van der Waals surface area contributed by atoms with Crippen molar-refractivity contribution >= 4 is 15.7 Å². The van der Waals surface area contributed by atoms with E-state index in [1.54, 1.807) is 0 Å². The molecule has 0 spiro atoms. The monoisotopic (exact) mass is 320 g/mol. The summed E-state index contributed by atoms with van der Waals surface area (Å²) in [5, 5.41) is -0.500. The van der Waals surface area contributed by atoms with Gasteiger partial charge in [-0.2, -0.15) is 21.6 Å². The quantitative estimate of drug-likeness (QED) is 0.906. The van der Waals surface area contributed by atoms with Crippen LogP contribution in [0.3, 0.4) is 0 Å². The summed E-state index contributed by atoms with van der Waals surface area (Å²) in [6, 6.07) is 6.73. The minimum atomic E-state index is -4.68. The maximum absolute atomic E-state index is 12.8. The van der Waals surface area contributed by atoms with E-state index >= 15 is 0 Å². The lowest BCUT2D eigenvalue weighted by molar-refractivity contribution is -0.136. The van der Waals surface area contributed by atoms with Crippen molar-refractivity contribution < 1.29 is 26.0 Å². The van der Waals surface area contributed by atoms with Crippen LogP contribution in [0.25, 0.3) is 0 Å². The number of rotatable bonds is 4. The van der Waals surface area contributed by atoms with Crippen LogP contribution in [-0.4, -0.2) is 8.42 Å². The minimum Gasteiger partial charge on any atom is -0.446 e. The van der Waals surface area contributed by atoms with Gasteiger partial charge in [0.15, 0.2) is 0 Å². The van der Waals surface area contributed by atoms with Crippen LogP contribution in [-0.2, 0) is 22.7 Å². The molecule has 0 amide bonds. The number of hydrogen-bond acceptors (Lipinski definition) is 4. The van der Waals surface area contributed by atoms with Gasteiger partial charge >= 0.3 is 6.18 Å². The van der Waals surface area contributed by atoms with Crippen LogP contribution in [0.5, 0.6) is 0 Å². The van der Waals surface area contributed by atoms with E-state index in [4.69, 9.17) is 10.2 Å². The Balaban J connectivity index is 2.38. The molecule has 2 rings (SSSR count). The summed E-state index contributed by atoms with van der Waals surface area (Å²) in [7, 11) is -4.26. The Morgan fingerprint density at radius 3 is 2.38 bits per heavy atom. The molecule has 1 heterocycles. The third kappa shape index (κ3) is 3.37. The first-order valence-corrected chi connectivity index (χ1v) is 7.20. The lowest BCUT2D eigenvalue weighted by Gasteiger charge is -2.13. The van der Waals surface area contributed by atoms with E-state index in [2.05, 4.69) is 0 Å². The van der Waals surface area contributed by atoms with Gasteiger partial charge < -0.3 is 10.2 Å². The second-order valence-electron chi connectivity index (χ2n) is 4.07. The Morgan fingerprint density at radius 2 is 1.81 bits per heavy atom. The molecular formula is C12H11F3N2O3S. The van der Waals surface area contributed by atoms with Gasteiger partial charge in [-0.05, 0) is 24.3 Å². The van der Waals surface area contributed by atoms with Crippen molar-refractivity contribution in [2.75, 3.05) is 4.72 Å². The lowest BCUT2D eigenvalue weighted by Crippen LogP contribution is -2.16. The highest BCUT2D eigenvalue weighted by molar-refractivity contribution is 7.92. The van der Waals surface area contributed by atoms with Crippen molar-refractivity contribution in [2.24, 2.45) is 5.73 Å². The number of halogens is 3. The Kier molecular flexibility index (Phi) is 3.97. The summed E-state index contributed by atoms with van der Waals surface area (Å²) >= 11 is 0. The average Bonchev–Trinajstić information content (AvgIpc) is 2.87. The highest BCUT2D eigenvalue weighted by atomic mass is 32.2. The lowest BCUT2D eigenvalue weighted by atomic mass is 10.2. The van der Waals surface area contributed by atoms with Crippen LogP contribution in [0.1, 0.15) is 11.3 Å². The van der Waals surface area contributed by atoms with Crippen LogP contribution in [0.15, 0.2) is 45.9 Å². The Labute approximate surface area is 118 Å². The predicted molar refractivity (Wildman–Crippen MR) is 68.9 cm³/mol. The molecule has 0 aliphatic heterocycles. The molecule has 9 heteroatoms. The summed E-state index contributed by atoms with van der Waals surface area (Å²) in [6.07, 6.45) is -4.68. The number of benzene rings is 1. The van der Waals surface area contributed by atoms with Crippen molar-refractivity contribution in [1.29, 1.82) is 0 Å². The molecule has 0 bridgehead atoms. The number of sulfonamides is 1. The van der Waals surface area contributed by atoms with E-state index in [0.29, 0.717) is 0 Å². The van der Waals surface area contributed by atoms with Gasteiger partial charge in [-0.15, -0.1) is 0 Å². The zero-order valence-corrected chi connectivity index (χ0v) is 11.3. The number of anilines is 1. The van der Waals surface area contributed by atoms with Gasteiger partial charge in [0.1, 0.15) is 5.76 Å². The fourth-order valence-corrected chi connectivity index (χ4v) is 2.66. The molecule has 0 aliphatic rings. The Bertz CT molecular complexity index is 738. The van der Waals surface area contributed by atoms with E-state index in [-0.39, 0.29) is 12.3 Å². The molecule has 0 fully saturated rings. The topological polar surface area (TPSA) is 85.3 Å². The van der Waals surface area contributed by atoms with Crippen molar-refractivity contribution in [1.82, 2.24) is 0 Å². The zero-order valence-electron chi connectivity index (χ0n) is 10.5. The second-order valence-corrected chi connectivity index (χ2v) is 5.69. The van der Waals surface area contributed by atoms with Crippen LogP contribution in [0.2, 0.25) is 0 Å². The van der Waals surface area contributed by atoms with Crippen LogP contribution in [0, 0.1) is 0 Å². The minimum absolute atomic E-state index is 0.0192. The summed E-state index contributed by atoms with van der Waals surface area (Å²) in [4.78, 5) is 0. The SMILES string of the molecule is NCc1ccc(S(=O)(=O)Nc2ccccc2C(F)(F)F)o1. The van der Waals surface area contributed by atoms with Gasteiger partial charge in [-0.3, -0.25) is 4.72 Å². The first-order chi connectivity index (χ1) is 9.74. The van der Waals surface area contributed by atoms with Crippen LogP contribution >= 0.6 is 0 Å². The molecule has 0 saturated heterocycles. The van der Waals surface area contributed by atoms with Crippen molar-refractivity contribution in [2.45, 2.75) is 17.8 Å². The summed E-state index contributed by atoms with van der Waals surface area (Å²) in [5.41, 5.74) is 3.62. The van der Waals surface area contributed by atoms with E-state index in [1.165, 1.54) is 18.2 Å². The van der Waals surface area contributed by atoms with Gasteiger partial charge in [-0.25, -0.2) is 0 Å². The molecule has 0 saturated carbocycles.